The molecule has 1 aliphatic rings. The molecule has 0 unspecified atom stereocenters. The van der Waals surface area contributed by atoms with Crippen molar-refractivity contribution in [2.45, 2.75) is 12.5 Å². The van der Waals surface area contributed by atoms with E-state index in [2.05, 4.69) is 0 Å². The van der Waals surface area contributed by atoms with Gasteiger partial charge in [0, 0.05) is 17.4 Å². The Kier molecular flexibility index (Phi) is 5.75. The first-order chi connectivity index (χ1) is 16.2. The number of hydrogen-bond donors (Lipinski definition) is 0. The molecule has 0 saturated heterocycles. The van der Waals surface area contributed by atoms with Crippen molar-refractivity contribution < 1.29 is 18.6 Å². The summed E-state index contributed by atoms with van der Waals surface area (Å²) in [5, 5.41) is 9.71. The molecule has 0 bridgehead atoms. The molecule has 3 heterocycles. The molecule has 0 N–H and O–H groups in total. The van der Waals surface area contributed by atoms with Gasteiger partial charge >= 0.3 is 0 Å². The standard InChI is InChI=1S/C25H23N3O4S/c1-29-18-9-6-16(7-10-18)19-14-21(22-5-4-12-32-22)28(27-19)25-26-20(15-33-25)17-8-11-23(30-2)24(13-17)31-3/h4-13,15,21H,14H2,1-3H3/t21-/m1/s1. The summed E-state index contributed by atoms with van der Waals surface area (Å²) in [7, 11) is 4.91. The minimum atomic E-state index is -0.0681. The van der Waals surface area contributed by atoms with Crippen LogP contribution in [0.1, 0.15) is 23.8 Å². The van der Waals surface area contributed by atoms with E-state index in [4.69, 9.17) is 28.7 Å². The van der Waals surface area contributed by atoms with Crippen LogP contribution in [0.15, 0.2) is 75.8 Å². The van der Waals surface area contributed by atoms with Gasteiger partial charge in [-0.15, -0.1) is 11.3 Å². The van der Waals surface area contributed by atoms with Crippen molar-refractivity contribution in [2.75, 3.05) is 26.3 Å². The highest BCUT2D eigenvalue weighted by molar-refractivity contribution is 7.14. The third kappa shape index (κ3) is 4.05. The number of methoxy groups -OCH3 is 3. The lowest BCUT2D eigenvalue weighted by molar-refractivity contribution is 0.355. The van der Waals surface area contributed by atoms with Crippen LogP contribution < -0.4 is 19.2 Å². The van der Waals surface area contributed by atoms with Crippen LogP contribution >= 0.6 is 11.3 Å². The zero-order valence-electron chi connectivity index (χ0n) is 18.5. The average molecular weight is 462 g/mol. The van der Waals surface area contributed by atoms with Crippen LogP contribution in [-0.2, 0) is 0 Å². The number of anilines is 1. The summed E-state index contributed by atoms with van der Waals surface area (Å²) in [6.07, 6.45) is 2.40. The van der Waals surface area contributed by atoms with E-state index in [1.54, 1.807) is 38.9 Å². The van der Waals surface area contributed by atoms with Crippen molar-refractivity contribution in [3.63, 3.8) is 0 Å². The predicted octanol–water partition coefficient (Wildman–Crippen LogP) is 5.78. The van der Waals surface area contributed by atoms with Crippen molar-refractivity contribution in [1.29, 1.82) is 0 Å². The zero-order valence-corrected chi connectivity index (χ0v) is 19.3. The first-order valence-electron chi connectivity index (χ1n) is 10.4. The van der Waals surface area contributed by atoms with Crippen molar-refractivity contribution in [3.8, 4) is 28.5 Å². The molecule has 1 aliphatic heterocycles. The number of rotatable bonds is 7. The fourth-order valence-electron chi connectivity index (χ4n) is 3.84. The van der Waals surface area contributed by atoms with Crippen LogP contribution in [0, 0.1) is 0 Å². The number of furan rings is 1. The Morgan fingerprint density at radius 3 is 2.42 bits per heavy atom. The van der Waals surface area contributed by atoms with Crippen molar-refractivity contribution in [2.24, 2.45) is 5.10 Å². The molecule has 0 aliphatic carbocycles. The number of hydrogen-bond acceptors (Lipinski definition) is 8. The van der Waals surface area contributed by atoms with E-state index in [0.29, 0.717) is 17.9 Å². The largest absolute Gasteiger partial charge is 0.497 e. The summed E-state index contributed by atoms with van der Waals surface area (Å²) in [5.74, 6) is 3.02. The summed E-state index contributed by atoms with van der Waals surface area (Å²) >= 11 is 1.54. The van der Waals surface area contributed by atoms with E-state index >= 15 is 0 Å². The van der Waals surface area contributed by atoms with Crippen molar-refractivity contribution in [3.05, 3.63) is 77.6 Å². The second-order valence-electron chi connectivity index (χ2n) is 7.44. The molecule has 7 nitrogen and oxygen atoms in total. The zero-order chi connectivity index (χ0) is 22.8. The highest BCUT2D eigenvalue weighted by atomic mass is 32.1. The third-order valence-corrected chi connectivity index (χ3v) is 6.40. The third-order valence-electron chi connectivity index (χ3n) is 5.57. The molecule has 0 spiro atoms. The fourth-order valence-corrected chi connectivity index (χ4v) is 4.68. The van der Waals surface area contributed by atoms with Crippen molar-refractivity contribution >= 4 is 22.2 Å². The summed E-state index contributed by atoms with van der Waals surface area (Å²) in [4.78, 5) is 4.89. The lowest BCUT2D eigenvalue weighted by atomic mass is 10.0. The van der Waals surface area contributed by atoms with Gasteiger partial charge in [0.15, 0.2) is 11.5 Å². The Labute approximate surface area is 195 Å². The molecule has 4 aromatic rings. The van der Waals surface area contributed by atoms with E-state index in [-0.39, 0.29) is 6.04 Å². The van der Waals surface area contributed by atoms with Gasteiger partial charge in [0.1, 0.15) is 17.6 Å². The number of thiazole rings is 1. The van der Waals surface area contributed by atoms with Crippen LogP contribution in [0.2, 0.25) is 0 Å². The number of benzene rings is 2. The molecule has 8 heteroatoms. The van der Waals surface area contributed by atoms with Gasteiger partial charge in [-0.25, -0.2) is 9.99 Å². The smallest absolute Gasteiger partial charge is 0.207 e. The van der Waals surface area contributed by atoms with Gasteiger partial charge in [0.05, 0.1) is 39.0 Å². The lowest BCUT2D eigenvalue weighted by Gasteiger charge is -2.18. The fraction of sp³-hybridized carbons (Fsp3) is 0.200. The van der Waals surface area contributed by atoms with Gasteiger partial charge in [-0.05, 0) is 60.2 Å². The van der Waals surface area contributed by atoms with Gasteiger partial charge in [-0.2, -0.15) is 5.10 Å². The molecule has 2 aromatic heterocycles. The Morgan fingerprint density at radius 1 is 0.939 bits per heavy atom. The molecule has 0 amide bonds. The molecule has 33 heavy (non-hydrogen) atoms. The van der Waals surface area contributed by atoms with E-state index in [0.717, 1.165) is 39.2 Å². The van der Waals surface area contributed by atoms with Gasteiger partial charge in [-0.3, -0.25) is 0 Å². The Balaban J connectivity index is 1.49. The predicted molar refractivity (Wildman–Crippen MR) is 129 cm³/mol. The van der Waals surface area contributed by atoms with Gasteiger partial charge in [0.25, 0.3) is 0 Å². The van der Waals surface area contributed by atoms with Gasteiger partial charge in [0.2, 0.25) is 5.13 Å². The summed E-state index contributed by atoms with van der Waals surface area (Å²) in [5.41, 5.74) is 3.82. The maximum absolute atomic E-state index is 5.75. The maximum Gasteiger partial charge on any atom is 0.207 e. The van der Waals surface area contributed by atoms with E-state index in [1.807, 2.05) is 65.0 Å². The molecular weight excluding hydrogens is 438 g/mol. The van der Waals surface area contributed by atoms with Gasteiger partial charge < -0.3 is 18.6 Å². The molecular formula is C25H23N3O4S. The monoisotopic (exact) mass is 461 g/mol. The molecule has 0 saturated carbocycles. The van der Waals surface area contributed by atoms with Crippen LogP contribution in [-0.4, -0.2) is 32.0 Å². The minimum absolute atomic E-state index is 0.0681. The van der Waals surface area contributed by atoms with Crippen LogP contribution in [0.25, 0.3) is 11.3 Å². The Morgan fingerprint density at radius 2 is 1.73 bits per heavy atom. The normalized spacial score (nSPS) is 15.4. The maximum atomic E-state index is 5.75. The van der Waals surface area contributed by atoms with E-state index in [1.165, 1.54) is 0 Å². The second kappa shape index (κ2) is 8.99. The quantitative estimate of drug-likeness (QED) is 0.347. The summed E-state index contributed by atoms with van der Waals surface area (Å²) < 4.78 is 21.8. The second-order valence-corrected chi connectivity index (χ2v) is 8.28. The molecule has 0 radical (unpaired) electrons. The number of nitrogens with zero attached hydrogens (tertiary/aromatic N) is 3. The minimum Gasteiger partial charge on any atom is -0.497 e. The highest BCUT2D eigenvalue weighted by Gasteiger charge is 2.33. The lowest BCUT2D eigenvalue weighted by Crippen LogP contribution is -2.17. The average Bonchev–Trinajstić information content (AvgIpc) is 3.63. The Hall–Kier alpha value is -3.78. The topological polar surface area (TPSA) is 69.3 Å². The molecule has 0 fully saturated rings. The van der Waals surface area contributed by atoms with Crippen molar-refractivity contribution in [1.82, 2.24) is 4.98 Å². The first kappa shape index (κ1) is 21.1. The molecule has 168 valence electrons. The number of ether oxygens (including phenoxy) is 3. The molecule has 2 aromatic carbocycles. The van der Waals surface area contributed by atoms with Gasteiger partial charge in [-0.1, -0.05) is 0 Å². The first-order valence-corrected chi connectivity index (χ1v) is 11.3. The molecule has 1 atom stereocenters. The van der Waals surface area contributed by atoms with E-state index < -0.39 is 0 Å². The summed E-state index contributed by atoms with van der Waals surface area (Å²) in [6, 6.07) is 17.5. The SMILES string of the molecule is COc1ccc(C2=NN(c3nc(-c4ccc(OC)c(OC)c4)cs3)[C@@H](c3ccco3)C2)cc1. The van der Waals surface area contributed by atoms with Crippen LogP contribution in [0.5, 0.6) is 17.2 Å². The highest BCUT2D eigenvalue weighted by Crippen LogP contribution is 2.40. The summed E-state index contributed by atoms with van der Waals surface area (Å²) in [6.45, 7) is 0. The Bertz CT molecular complexity index is 1270. The van der Waals surface area contributed by atoms with Crippen LogP contribution in [0.3, 0.4) is 0 Å². The number of hydrazone groups is 1. The van der Waals surface area contributed by atoms with Crippen LogP contribution in [0.4, 0.5) is 5.13 Å². The number of aromatic nitrogens is 1. The van der Waals surface area contributed by atoms with E-state index in [9.17, 15) is 0 Å². The molecule has 5 rings (SSSR count).